The number of hydrogen-bond donors (Lipinski definition) is 1. The highest BCUT2D eigenvalue weighted by molar-refractivity contribution is 7.89. The van der Waals surface area contributed by atoms with E-state index in [9.17, 15) is 18.0 Å². The molecule has 34 heavy (non-hydrogen) atoms. The first-order chi connectivity index (χ1) is 16.2. The van der Waals surface area contributed by atoms with Crippen LogP contribution < -0.4 is 5.32 Å². The Balaban J connectivity index is 1.56. The van der Waals surface area contributed by atoms with Crippen LogP contribution in [0, 0.1) is 6.92 Å². The summed E-state index contributed by atoms with van der Waals surface area (Å²) in [5.74, 6) is -0.231. The molecule has 1 aliphatic rings. The second kappa shape index (κ2) is 11.5. The number of hydrogen-bond acceptors (Lipinski definition) is 9. The molecule has 1 atom stereocenters. The quantitative estimate of drug-likeness (QED) is 0.490. The minimum atomic E-state index is -3.73. The average Bonchev–Trinajstić information content (AvgIpc) is 3.27. The third-order valence-corrected chi connectivity index (χ3v) is 7.29. The minimum Gasteiger partial charge on any atom is -0.453 e. The molecule has 0 unspecified atom stereocenters. The van der Waals surface area contributed by atoms with E-state index in [-0.39, 0.29) is 30.8 Å². The molecule has 1 aliphatic heterocycles. The van der Waals surface area contributed by atoms with Crippen LogP contribution in [-0.4, -0.2) is 67.1 Å². The molecule has 2 aromatic rings. The molecule has 1 fully saturated rings. The number of aromatic nitrogens is 2. The molecule has 0 aliphatic carbocycles. The Morgan fingerprint density at radius 1 is 1.24 bits per heavy atom. The van der Waals surface area contributed by atoms with Gasteiger partial charge < -0.3 is 19.3 Å². The Bertz CT molecular complexity index is 1110. The van der Waals surface area contributed by atoms with E-state index < -0.39 is 28.0 Å². The third-order valence-electron chi connectivity index (χ3n) is 5.25. The van der Waals surface area contributed by atoms with Gasteiger partial charge in [-0.3, -0.25) is 9.59 Å². The van der Waals surface area contributed by atoms with Gasteiger partial charge in [0.2, 0.25) is 15.9 Å². The third kappa shape index (κ3) is 6.61. The number of benzene rings is 1. The summed E-state index contributed by atoms with van der Waals surface area (Å²) in [4.78, 5) is 29.0. The van der Waals surface area contributed by atoms with Crippen LogP contribution >= 0.6 is 0 Å². The molecule has 1 aromatic heterocycles. The van der Waals surface area contributed by atoms with E-state index in [4.69, 9.17) is 14.0 Å². The standard InChI is InChI=1S/C22H30N4O7S/c1-4-5-19-24-20(33-25-19)8-9-21(27)32-16(3)22(28)23-17-7-6-15(2)18(14-17)34(29,30)26-10-12-31-13-11-26/h6-7,14,16H,4-5,8-13H2,1-3H3,(H,23,28)/t16-/m0/s1. The Morgan fingerprint density at radius 2 is 1.97 bits per heavy atom. The van der Waals surface area contributed by atoms with E-state index in [1.165, 1.54) is 17.3 Å². The zero-order valence-electron chi connectivity index (χ0n) is 19.6. The second-order valence-corrected chi connectivity index (χ2v) is 9.88. The van der Waals surface area contributed by atoms with Crippen molar-refractivity contribution in [2.45, 2.75) is 57.5 Å². The molecular formula is C22H30N4O7S. The summed E-state index contributed by atoms with van der Waals surface area (Å²) in [6, 6.07) is 4.64. The summed E-state index contributed by atoms with van der Waals surface area (Å²) in [7, 11) is -3.73. The highest BCUT2D eigenvalue weighted by Crippen LogP contribution is 2.24. The van der Waals surface area contributed by atoms with Crippen LogP contribution in [0.1, 0.15) is 44.0 Å². The number of aryl methyl sites for hydroxylation is 3. The number of nitrogens with one attached hydrogen (secondary N) is 1. The maximum atomic E-state index is 13.0. The summed E-state index contributed by atoms with van der Waals surface area (Å²) in [5, 5.41) is 6.44. The number of amides is 1. The first-order valence-corrected chi connectivity index (χ1v) is 12.6. The Morgan fingerprint density at radius 3 is 2.68 bits per heavy atom. The number of carbonyl (C=O) groups is 2. The van der Waals surface area contributed by atoms with Gasteiger partial charge in [0.15, 0.2) is 11.9 Å². The molecule has 1 amide bonds. The molecule has 0 spiro atoms. The lowest BCUT2D eigenvalue weighted by molar-refractivity contribution is -0.153. The topological polar surface area (TPSA) is 141 Å². The molecular weight excluding hydrogens is 464 g/mol. The van der Waals surface area contributed by atoms with Crippen molar-refractivity contribution in [2.75, 3.05) is 31.6 Å². The van der Waals surface area contributed by atoms with Gasteiger partial charge in [0.25, 0.3) is 5.91 Å². The Hall–Kier alpha value is -2.83. The SMILES string of the molecule is CCCc1noc(CCC(=O)O[C@@H](C)C(=O)Nc2ccc(C)c(S(=O)(=O)N3CCOCC3)c2)n1. The van der Waals surface area contributed by atoms with Crippen LogP contribution in [0.2, 0.25) is 0 Å². The molecule has 1 N–H and O–H groups in total. The van der Waals surface area contributed by atoms with Gasteiger partial charge in [-0.2, -0.15) is 9.29 Å². The number of nitrogens with zero attached hydrogens (tertiary/aromatic N) is 3. The number of carbonyl (C=O) groups excluding carboxylic acids is 2. The zero-order valence-corrected chi connectivity index (χ0v) is 20.4. The van der Waals surface area contributed by atoms with Crippen LogP contribution in [0.3, 0.4) is 0 Å². The van der Waals surface area contributed by atoms with Crippen molar-refractivity contribution in [2.24, 2.45) is 0 Å². The van der Waals surface area contributed by atoms with Gasteiger partial charge in [0.1, 0.15) is 0 Å². The van der Waals surface area contributed by atoms with Gasteiger partial charge in [-0.05, 0) is 38.0 Å². The molecule has 0 bridgehead atoms. The zero-order chi connectivity index (χ0) is 24.7. The summed E-state index contributed by atoms with van der Waals surface area (Å²) >= 11 is 0. The monoisotopic (exact) mass is 494 g/mol. The number of esters is 1. The molecule has 3 rings (SSSR count). The van der Waals surface area contributed by atoms with Crippen molar-refractivity contribution in [1.82, 2.24) is 14.4 Å². The highest BCUT2D eigenvalue weighted by Gasteiger charge is 2.28. The fraction of sp³-hybridized carbons (Fsp3) is 0.545. The number of anilines is 1. The minimum absolute atomic E-state index is 0.0160. The van der Waals surface area contributed by atoms with E-state index in [0.717, 1.165) is 6.42 Å². The fourth-order valence-electron chi connectivity index (χ4n) is 3.36. The van der Waals surface area contributed by atoms with Crippen LogP contribution in [0.15, 0.2) is 27.6 Å². The number of ether oxygens (including phenoxy) is 2. The maximum Gasteiger partial charge on any atom is 0.307 e. The van der Waals surface area contributed by atoms with Crippen molar-refractivity contribution in [3.05, 3.63) is 35.5 Å². The normalized spacial score (nSPS) is 15.6. The molecule has 186 valence electrons. The van der Waals surface area contributed by atoms with E-state index in [1.807, 2.05) is 6.92 Å². The molecule has 11 nitrogen and oxygen atoms in total. The smallest absolute Gasteiger partial charge is 0.307 e. The Kier molecular flexibility index (Phi) is 8.75. The van der Waals surface area contributed by atoms with E-state index in [2.05, 4.69) is 15.5 Å². The lowest BCUT2D eigenvalue weighted by atomic mass is 10.2. The fourth-order valence-corrected chi connectivity index (χ4v) is 5.02. The van der Waals surface area contributed by atoms with Gasteiger partial charge in [-0.15, -0.1) is 0 Å². The molecule has 1 aromatic carbocycles. The predicted molar refractivity (Wildman–Crippen MR) is 122 cm³/mol. The highest BCUT2D eigenvalue weighted by atomic mass is 32.2. The van der Waals surface area contributed by atoms with Gasteiger partial charge in [0, 0.05) is 31.6 Å². The van der Waals surface area contributed by atoms with Crippen molar-refractivity contribution in [3.8, 4) is 0 Å². The number of sulfonamides is 1. The van der Waals surface area contributed by atoms with Crippen molar-refractivity contribution < 1.29 is 32.0 Å². The largest absolute Gasteiger partial charge is 0.453 e. The van der Waals surface area contributed by atoms with Crippen LogP contribution in [0.25, 0.3) is 0 Å². The van der Waals surface area contributed by atoms with Crippen molar-refractivity contribution in [1.29, 1.82) is 0 Å². The number of morpholine rings is 1. The number of rotatable bonds is 10. The van der Waals surface area contributed by atoms with Crippen molar-refractivity contribution >= 4 is 27.6 Å². The summed E-state index contributed by atoms with van der Waals surface area (Å²) in [6.07, 6.45) is 0.698. The van der Waals surface area contributed by atoms with E-state index in [0.29, 0.717) is 42.6 Å². The second-order valence-electron chi connectivity index (χ2n) is 7.97. The van der Waals surface area contributed by atoms with Crippen LogP contribution in [0.5, 0.6) is 0 Å². The summed E-state index contributed by atoms with van der Waals surface area (Å²) < 4.78 is 42.9. The van der Waals surface area contributed by atoms with Gasteiger partial charge in [-0.1, -0.05) is 18.1 Å². The molecule has 1 saturated heterocycles. The van der Waals surface area contributed by atoms with Crippen LogP contribution in [-0.2, 0) is 41.9 Å². The predicted octanol–water partition coefficient (Wildman–Crippen LogP) is 1.85. The maximum absolute atomic E-state index is 13.0. The summed E-state index contributed by atoms with van der Waals surface area (Å²) in [5.41, 5.74) is 0.853. The molecule has 12 heteroatoms. The van der Waals surface area contributed by atoms with Crippen LogP contribution in [0.4, 0.5) is 5.69 Å². The van der Waals surface area contributed by atoms with Gasteiger partial charge in [0.05, 0.1) is 24.5 Å². The molecule has 0 radical (unpaired) electrons. The van der Waals surface area contributed by atoms with Gasteiger partial charge in [-0.25, -0.2) is 8.42 Å². The lowest BCUT2D eigenvalue weighted by Gasteiger charge is -2.27. The summed E-state index contributed by atoms with van der Waals surface area (Å²) in [6.45, 7) is 6.36. The first kappa shape index (κ1) is 25.8. The van der Waals surface area contributed by atoms with E-state index >= 15 is 0 Å². The van der Waals surface area contributed by atoms with Crippen molar-refractivity contribution in [3.63, 3.8) is 0 Å². The average molecular weight is 495 g/mol. The Labute approximate surface area is 198 Å². The molecule has 2 heterocycles. The lowest BCUT2D eigenvalue weighted by Crippen LogP contribution is -2.40. The van der Waals surface area contributed by atoms with E-state index in [1.54, 1.807) is 19.1 Å². The first-order valence-electron chi connectivity index (χ1n) is 11.2. The van der Waals surface area contributed by atoms with Gasteiger partial charge >= 0.3 is 5.97 Å². The molecule has 0 saturated carbocycles.